The van der Waals surface area contributed by atoms with Crippen LogP contribution in [-0.2, 0) is 11.3 Å². The van der Waals surface area contributed by atoms with Crippen LogP contribution in [0.1, 0.15) is 35.0 Å². The highest BCUT2D eigenvalue weighted by molar-refractivity contribution is 5.91. The van der Waals surface area contributed by atoms with Gasteiger partial charge in [0.05, 0.1) is 6.61 Å². The van der Waals surface area contributed by atoms with E-state index in [2.05, 4.69) is 14.5 Å². The first-order valence-corrected chi connectivity index (χ1v) is 5.64. The van der Waals surface area contributed by atoms with Gasteiger partial charge in [-0.2, -0.15) is 0 Å². The Balaban J connectivity index is 3.47. The van der Waals surface area contributed by atoms with Crippen molar-refractivity contribution in [3.63, 3.8) is 0 Å². The van der Waals surface area contributed by atoms with Crippen LogP contribution >= 0.6 is 0 Å². The van der Waals surface area contributed by atoms with Gasteiger partial charge >= 0.3 is 12.3 Å². The number of carbonyl (C=O) groups excluding carboxylic acids is 1. The summed E-state index contributed by atoms with van der Waals surface area (Å²) in [5.41, 5.74) is 2.83. The van der Waals surface area contributed by atoms with Crippen LogP contribution < -0.4 is 10.5 Å². The van der Waals surface area contributed by atoms with E-state index in [1.807, 2.05) is 0 Å². The van der Waals surface area contributed by atoms with E-state index in [9.17, 15) is 26.7 Å². The first kappa shape index (κ1) is 17.1. The van der Waals surface area contributed by atoms with E-state index in [-0.39, 0.29) is 6.61 Å². The fourth-order valence-electron chi connectivity index (χ4n) is 1.51. The molecule has 0 aliphatic carbocycles. The largest absolute Gasteiger partial charge is 0.573 e. The zero-order valence-corrected chi connectivity index (χ0v) is 10.7. The summed E-state index contributed by atoms with van der Waals surface area (Å²) >= 11 is 0. The smallest absolute Gasteiger partial charge is 0.461 e. The standard InChI is InChI=1S/C11H11F5N2O3/c1-2-20-10(19)7-8(21-11(14,15)16)5(3-17)6(4-18-7)9(12)13/h4,9H,2-3,17H2,1H3. The van der Waals surface area contributed by atoms with Crippen molar-refractivity contribution in [3.8, 4) is 5.75 Å². The number of pyridine rings is 1. The van der Waals surface area contributed by atoms with E-state index < -0.39 is 47.9 Å². The summed E-state index contributed by atoms with van der Waals surface area (Å²) < 4.78 is 70.8. The second kappa shape index (κ2) is 6.66. The summed E-state index contributed by atoms with van der Waals surface area (Å²) in [6.45, 7) is 0.583. The number of hydrogen-bond donors (Lipinski definition) is 1. The number of alkyl halides is 5. The predicted molar refractivity (Wildman–Crippen MR) is 59.7 cm³/mol. The van der Waals surface area contributed by atoms with Crippen LogP contribution in [-0.4, -0.2) is 23.9 Å². The third kappa shape index (κ3) is 4.25. The number of hydrogen-bond acceptors (Lipinski definition) is 5. The van der Waals surface area contributed by atoms with Crippen molar-refractivity contribution in [2.45, 2.75) is 26.3 Å². The van der Waals surface area contributed by atoms with Crippen molar-refractivity contribution in [2.75, 3.05) is 6.61 Å². The average molecular weight is 314 g/mol. The zero-order valence-electron chi connectivity index (χ0n) is 10.7. The van der Waals surface area contributed by atoms with Crippen LogP contribution in [0.3, 0.4) is 0 Å². The highest BCUT2D eigenvalue weighted by atomic mass is 19.4. The van der Waals surface area contributed by atoms with Gasteiger partial charge in [-0.15, -0.1) is 13.2 Å². The van der Waals surface area contributed by atoms with Crippen molar-refractivity contribution in [2.24, 2.45) is 5.73 Å². The maximum Gasteiger partial charge on any atom is 0.573 e. The molecule has 10 heteroatoms. The molecule has 0 unspecified atom stereocenters. The number of rotatable bonds is 5. The van der Waals surface area contributed by atoms with Crippen molar-refractivity contribution >= 4 is 5.97 Å². The third-order valence-electron chi connectivity index (χ3n) is 2.30. The van der Waals surface area contributed by atoms with Gasteiger partial charge in [-0.25, -0.2) is 18.6 Å². The summed E-state index contributed by atoms with van der Waals surface area (Å²) in [6, 6.07) is 0. The number of aromatic nitrogens is 1. The Hall–Kier alpha value is -1.97. The minimum Gasteiger partial charge on any atom is -0.461 e. The SMILES string of the molecule is CCOC(=O)c1ncc(C(F)F)c(CN)c1OC(F)(F)F. The van der Waals surface area contributed by atoms with Crippen LogP contribution in [0.4, 0.5) is 22.0 Å². The molecule has 0 saturated heterocycles. The molecule has 0 aliphatic heterocycles. The first-order valence-electron chi connectivity index (χ1n) is 5.64. The Kier molecular flexibility index (Phi) is 5.41. The van der Waals surface area contributed by atoms with Gasteiger partial charge in [0.25, 0.3) is 6.43 Å². The van der Waals surface area contributed by atoms with E-state index in [1.165, 1.54) is 6.92 Å². The molecule has 0 fully saturated rings. The molecule has 5 nitrogen and oxygen atoms in total. The molecule has 0 amide bonds. The fourth-order valence-corrected chi connectivity index (χ4v) is 1.51. The summed E-state index contributed by atoms with van der Waals surface area (Å²) in [4.78, 5) is 14.8. The quantitative estimate of drug-likeness (QED) is 0.668. The van der Waals surface area contributed by atoms with Gasteiger partial charge in [-0.3, -0.25) is 0 Å². The average Bonchev–Trinajstić information content (AvgIpc) is 2.36. The number of esters is 1. The van der Waals surface area contributed by atoms with E-state index in [4.69, 9.17) is 5.73 Å². The molecule has 2 N–H and O–H groups in total. The number of nitrogens with two attached hydrogens (primary N) is 1. The third-order valence-corrected chi connectivity index (χ3v) is 2.30. The monoisotopic (exact) mass is 314 g/mol. The lowest BCUT2D eigenvalue weighted by Gasteiger charge is -2.17. The van der Waals surface area contributed by atoms with Gasteiger partial charge in [0, 0.05) is 23.9 Å². The molecular weight excluding hydrogens is 303 g/mol. The maximum atomic E-state index is 12.8. The Morgan fingerprint density at radius 2 is 2.05 bits per heavy atom. The molecule has 0 aromatic carbocycles. The zero-order chi connectivity index (χ0) is 16.2. The molecular formula is C11H11F5N2O3. The van der Waals surface area contributed by atoms with Gasteiger partial charge in [-0.1, -0.05) is 0 Å². The Labute approximate surface area is 115 Å². The molecule has 1 aromatic heterocycles. The molecule has 1 heterocycles. The number of nitrogens with zero attached hydrogens (tertiary/aromatic N) is 1. The van der Waals surface area contributed by atoms with Crippen molar-refractivity contribution in [1.82, 2.24) is 4.98 Å². The van der Waals surface area contributed by atoms with E-state index in [0.29, 0.717) is 6.20 Å². The number of halogens is 5. The van der Waals surface area contributed by atoms with Crippen LogP contribution in [0.5, 0.6) is 5.75 Å². The molecule has 0 saturated carbocycles. The molecule has 0 aliphatic rings. The van der Waals surface area contributed by atoms with Gasteiger partial charge in [0.15, 0.2) is 11.4 Å². The summed E-state index contributed by atoms with van der Waals surface area (Å²) in [5, 5.41) is 0. The lowest BCUT2D eigenvalue weighted by molar-refractivity contribution is -0.275. The number of carbonyl (C=O) groups is 1. The van der Waals surface area contributed by atoms with Gasteiger partial charge in [-0.05, 0) is 6.92 Å². The fraction of sp³-hybridized carbons (Fsp3) is 0.455. The lowest BCUT2D eigenvalue weighted by atomic mass is 10.1. The summed E-state index contributed by atoms with van der Waals surface area (Å²) in [6.07, 6.45) is -7.75. The van der Waals surface area contributed by atoms with Crippen LogP contribution in [0.25, 0.3) is 0 Å². The molecule has 0 bridgehead atoms. The highest BCUT2D eigenvalue weighted by Crippen LogP contribution is 2.35. The second-order valence-electron chi connectivity index (χ2n) is 3.64. The van der Waals surface area contributed by atoms with Crippen molar-refractivity contribution in [1.29, 1.82) is 0 Å². The molecule has 0 radical (unpaired) electrons. The summed E-state index contributed by atoms with van der Waals surface area (Å²) in [5.74, 6) is -2.39. The number of ether oxygens (including phenoxy) is 2. The van der Waals surface area contributed by atoms with Gasteiger partial charge < -0.3 is 15.2 Å². The van der Waals surface area contributed by atoms with Crippen LogP contribution in [0.2, 0.25) is 0 Å². The predicted octanol–water partition coefficient (Wildman–Crippen LogP) is 2.55. The minimum absolute atomic E-state index is 0.138. The second-order valence-corrected chi connectivity index (χ2v) is 3.64. The topological polar surface area (TPSA) is 74.4 Å². The van der Waals surface area contributed by atoms with E-state index in [0.717, 1.165) is 0 Å². The minimum atomic E-state index is -5.20. The summed E-state index contributed by atoms with van der Waals surface area (Å²) in [7, 11) is 0. The van der Waals surface area contributed by atoms with Crippen LogP contribution in [0.15, 0.2) is 6.20 Å². The molecule has 0 atom stereocenters. The Morgan fingerprint density at radius 1 is 1.43 bits per heavy atom. The Morgan fingerprint density at radius 3 is 2.48 bits per heavy atom. The highest BCUT2D eigenvalue weighted by Gasteiger charge is 2.36. The van der Waals surface area contributed by atoms with Crippen molar-refractivity contribution in [3.05, 3.63) is 23.0 Å². The van der Waals surface area contributed by atoms with Crippen LogP contribution in [0, 0.1) is 0 Å². The molecule has 1 rings (SSSR count). The maximum absolute atomic E-state index is 12.8. The van der Waals surface area contributed by atoms with Gasteiger partial charge in [0.2, 0.25) is 0 Å². The van der Waals surface area contributed by atoms with E-state index >= 15 is 0 Å². The first-order chi connectivity index (χ1) is 9.71. The van der Waals surface area contributed by atoms with Gasteiger partial charge in [0.1, 0.15) is 0 Å². The normalized spacial score (nSPS) is 11.6. The molecule has 21 heavy (non-hydrogen) atoms. The van der Waals surface area contributed by atoms with E-state index in [1.54, 1.807) is 0 Å². The molecule has 118 valence electrons. The lowest BCUT2D eigenvalue weighted by Crippen LogP contribution is -2.23. The molecule has 1 aromatic rings. The van der Waals surface area contributed by atoms with Crippen molar-refractivity contribution < 1.29 is 36.2 Å². The Bertz CT molecular complexity index is 519. The molecule has 0 spiro atoms.